The summed E-state index contributed by atoms with van der Waals surface area (Å²) in [6.07, 6.45) is 0. The lowest BCUT2D eigenvalue weighted by molar-refractivity contribution is 0.0950. The molecule has 4 nitrogen and oxygen atoms in total. The second-order valence-electron chi connectivity index (χ2n) is 5.54. The molecule has 0 radical (unpaired) electrons. The first-order valence-corrected chi connectivity index (χ1v) is 7.79. The van der Waals surface area contributed by atoms with Crippen LogP contribution in [0.5, 0.6) is 0 Å². The summed E-state index contributed by atoms with van der Waals surface area (Å²) >= 11 is 0. The zero-order valence-electron chi connectivity index (χ0n) is 13.1. The Balaban J connectivity index is 1.70. The number of hydrogen-bond donors (Lipinski definition) is 1. The zero-order valence-corrected chi connectivity index (χ0v) is 13.1. The van der Waals surface area contributed by atoms with E-state index in [9.17, 15) is 13.6 Å². The van der Waals surface area contributed by atoms with Crippen molar-refractivity contribution in [1.82, 2.24) is 5.32 Å². The summed E-state index contributed by atoms with van der Waals surface area (Å²) in [4.78, 5) is 14.3. The van der Waals surface area contributed by atoms with Crippen molar-refractivity contribution < 1.29 is 18.3 Å². The number of carbonyl (C=O) groups is 1. The molecule has 0 aromatic heterocycles. The van der Waals surface area contributed by atoms with E-state index in [1.54, 1.807) is 0 Å². The highest BCUT2D eigenvalue weighted by atomic mass is 19.2. The van der Waals surface area contributed by atoms with Crippen LogP contribution in [-0.2, 0) is 11.3 Å². The molecule has 2 aromatic rings. The van der Waals surface area contributed by atoms with Crippen molar-refractivity contribution >= 4 is 11.6 Å². The third-order valence-electron chi connectivity index (χ3n) is 3.96. The number of halogens is 2. The fourth-order valence-electron chi connectivity index (χ4n) is 2.69. The molecule has 24 heavy (non-hydrogen) atoms. The Morgan fingerprint density at radius 1 is 1.08 bits per heavy atom. The lowest BCUT2D eigenvalue weighted by Crippen LogP contribution is -2.37. The van der Waals surface area contributed by atoms with Gasteiger partial charge in [-0.05, 0) is 29.8 Å². The van der Waals surface area contributed by atoms with Crippen LogP contribution in [0.1, 0.15) is 15.9 Å². The lowest BCUT2D eigenvalue weighted by atomic mass is 10.1. The van der Waals surface area contributed by atoms with Crippen LogP contribution in [0.25, 0.3) is 0 Å². The monoisotopic (exact) mass is 332 g/mol. The predicted octanol–water partition coefficient (Wildman–Crippen LogP) is 2.73. The van der Waals surface area contributed by atoms with Crippen LogP contribution >= 0.6 is 0 Å². The van der Waals surface area contributed by atoms with E-state index >= 15 is 0 Å². The van der Waals surface area contributed by atoms with E-state index in [0.717, 1.165) is 36.5 Å². The highest BCUT2D eigenvalue weighted by Crippen LogP contribution is 2.21. The number of hydrogen-bond acceptors (Lipinski definition) is 3. The number of nitrogens with one attached hydrogen (secondary N) is 1. The molecular formula is C18H18F2N2O2. The van der Waals surface area contributed by atoms with Crippen LogP contribution in [0, 0.1) is 11.6 Å². The Morgan fingerprint density at radius 2 is 1.83 bits per heavy atom. The van der Waals surface area contributed by atoms with Gasteiger partial charge >= 0.3 is 0 Å². The molecule has 1 heterocycles. The summed E-state index contributed by atoms with van der Waals surface area (Å²) < 4.78 is 31.5. The van der Waals surface area contributed by atoms with Crippen molar-refractivity contribution in [2.24, 2.45) is 0 Å². The van der Waals surface area contributed by atoms with Gasteiger partial charge in [-0.3, -0.25) is 4.79 Å². The first-order chi connectivity index (χ1) is 11.6. The fraction of sp³-hybridized carbons (Fsp3) is 0.278. The van der Waals surface area contributed by atoms with Crippen molar-refractivity contribution in [3.63, 3.8) is 0 Å². The third-order valence-corrected chi connectivity index (χ3v) is 3.96. The van der Waals surface area contributed by atoms with Gasteiger partial charge in [0.25, 0.3) is 5.91 Å². The van der Waals surface area contributed by atoms with Gasteiger partial charge in [0.2, 0.25) is 0 Å². The summed E-state index contributed by atoms with van der Waals surface area (Å²) in [7, 11) is 0. The highest BCUT2D eigenvalue weighted by Gasteiger charge is 2.15. The summed E-state index contributed by atoms with van der Waals surface area (Å²) in [6.45, 7) is 3.26. The maximum absolute atomic E-state index is 13.2. The molecule has 0 unspecified atom stereocenters. The average Bonchev–Trinajstić information content (AvgIpc) is 2.63. The number of benzene rings is 2. The van der Waals surface area contributed by atoms with Crippen LogP contribution in [0.3, 0.4) is 0 Å². The van der Waals surface area contributed by atoms with Gasteiger partial charge in [-0.25, -0.2) is 8.78 Å². The molecule has 1 amide bonds. The standard InChI is InChI=1S/C18H18F2N2O2/c19-15-6-5-13(11-16(15)20)18(23)21-12-14-3-1-2-4-17(14)22-7-9-24-10-8-22/h1-6,11H,7-10,12H2,(H,21,23). The van der Waals surface area contributed by atoms with Gasteiger partial charge in [-0.2, -0.15) is 0 Å². The Hall–Kier alpha value is -2.47. The maximum atomic E-state index is 13.2. The second-order valence-corrected chi connectivity index (χ2v) is 5.54. The number of carbonyl (C=O) groups excluding carboxylic acids is 1. The van der Waals surface area contributed by atoms with Crippen LogP contribution in [-0.4, -0.2) is 32.2 Å². The van der Waals surface area contributed by atoms with Crippen molar-refractivity contribution in [1.29, 1.82) is 0 Å². The highest BCUT2D eigenvalue weighted by molar-refractivity contribution is 5.94. The average molecular weight is 332 g/mol. The summed E-state index contributed by atoms with van der Waals surface area (Å²) in [5, 5.41) is 2.76. The number of anilines is 1. The molecular weight excluding hydrogens is 314 g/mol. The summed E-state index contributed by atoms with van der Waals surface area (Å²) in [6, 6.07) is 10.9. The quantitative estimate of drug-likeness (QED) is 0.936. The minimum Gasteiger partial charge on any atom is -0.378 e. The van der Waals surface area contributed by atoms with Gasteiger partial charge in [-0.1, -0.05) is 18.2 Å². The molecule has 0 saturated carbocycles. The van der Waals surface area contributed by atoms with E-state index in [4.69, 9.17) is 4.74 Å². The number of nitrogens with zero attached hydrogens (tertiary/aromatic N) is 1. The number of morpholine rings is 1. The van der Waals surface area contributed by atoms with Crippen LogP contribution in [0.15, 0.2) is 42.5 Å². The molecule has 2 aromatic carbocycles. The van der Waals surface area contributed by atoms with Crippen LogP contribution in [0.2, 0.25) is 0 Å². The fourth-order valence-corrected chi connectivity index (χ4v) is 2.69. The van der Waals surface area contributed by atoms with Gasteiger partial charge in [0.1, 0.15) is 0 Å². The van der Waals surface area contributed by atoms with E-state index in [-0.39, 0.29) is 5.56 Å². The topological polar surface area (TPSA) is 41.6 Å². The molecule has 1 saturated heterocycles. The minimum atomic E-state index is -1.03. The second kappa shape index (κ2) is 7.40. The maximum Gasteiger partial charge on any atom is 0.251 e. The summed E-state index contributed by atoms with van der Waals surface area (Å²) in [5.74, 6) is -2.44. The van der Waals surface area contributed by atoms with E-state index < -0.39 is 17.5 Å². The number of ether oxygens (including phenoxy) is 1. The van der Waals surface area contributed by atoms with Crippen LogP contribution in [0.4, 0.5) is 14.5 Å². The molecule has 0 bridgehead atoms. The number of amides is 1. The first-order valence-electron chi connectivity index (χ1n) is 7.79. The molecule has 1 fully saturated rings. The lowest BCUT2D eigenvalue weighted by Gasteiger charge is -2.30. The number of para-hydroxylation sites is 1. The Kier molecular flexibility index (Phi) is 5.05. The van der Waals surface area contributed by atoms with Crippen molar-refractivity contribution in [3.05, 3.63) is 65.2 Å². The molecule has 1 aliphatic rings. The van der Waals surface area contributed by atoms with E-state index in [1.165, 1.54) is 6.07 Å². The Bertz CT molecular complexity index is 731. The van der Waals surface area contributed by atoms with Gasteiger partial charge in [0.05, 0.1) is 13.2 Å². The predicted molar refractivity (Wildman–Crippen MR) is 87.0 cm³/mol. The van der Waals surface area contributed by atoms with Gasteiger partial charge < -0.3 is 15.0 Å². The number of rotatable bonds is 4. The summed E-state index contributed by atoms with van der Waals surface area (Å²) in [5.41, 5.74) is 2.11. The Labute approximate surface area is 139 Å². The molecule has 3 rings (SSSR count). The van der Waals surface area contributed by atoms with Gasteiger partial charge in [0.15, 0.2) is 11.6 Å². The zero-order chi connectivity index (χ0) is 16.9. The van der Waals surface area contributed by atoms with E-state index in [2.05, 4.69) is 10.2 Å². The molecule has 6 heteroatoms. The molecule has 1 N–H and O–H groups in total. The minimum absolute atomic E-state index is 0.0951. The molecule has 1 aliphatic heterocycles. The smallest absolute Gasteiger partial charge is 0.251 e. The molecule has 0 atom stereocenters. The largest absolute Gasteiger partial charge is 0.378 e. The van der Waals surface area contributed by atoms with Gasteiger partial charge in [0, 0.05) is 30.9 Å². The van der Waals surface area contributed by atoms with E-state index in [0.29, 0.717) is 19.8 Å². The van der Waals surface area contributed by atoms with Gasteiger partial charge in [-0.15, -0.1) is 0 Å². The normalized spacial score (nSPS) is 14.5. The SMILES string of the molecule is O=C(NCc1ccccc1N1CCOCC1)c1ccc(F)c(F)c1. The van der Waals surface area contributed by atoms with Crippen molar-refractivity contribution in [2.75, 3.05) is 31.2 Å². The third kappa shape index (κ3) is 3.71. The van der Waals surface area contributed by atoms with Crippen LogP contribution < -0.4 is 10.2 Å². The Morgan fingerprint density at radius 3 is 2.58 bits per heavy atom. The molecule has 0 spiro atoms. The molecule has 0 aliphatic carbocycles. The molecule has 126 valence electrons. The van der Waals surface area contributed by atoms with E-state index in [1.807, 2.05) is 24.3 Å². The first kappa shape index (κ1) is 16.4. The van der Waals surface area contributed by atoms with Crippen molar-refractivity contribution in [2.45, 2.75) is 6.54 Å². The van der Waals surface area contributed by atoms with Crippen molar-refractivity contribution in [3.8, 4) is 0 Å².